The molecule has 0 aliphatic carbocycles. The van der Waals surface area contributed by atoms with E-state index in [1.54, 1.807) is 18.0 Å². The van der Waals surface area contributed by atoms with E-state index in [0.717, 1.165) is 66.2 Å². The standard InChI is InChI=1S/C28H31ClF3N5O2S/c1-35(22-7-9-36(10-8-22)11-12-39-2)27-34-26(38)25(40-27)14-18-3-6-24-20(13-18)16-33-37(24)17-19-4-5-21(29)15-23(19)28(30,31)32/h3-6,13-16,22,26,38H,7-12,17H2,1-2H3. The number of ether oxygens (including phenoxy) is 1. The topological polar surface area (TPSA) is 66.1 Å². The van der Waals surface area contributed by atoms with E-state index < -0.39 is 18.0 Å². The molecule has 1 fully saturated rings. The van der Waals surface area contributed by atoms with Crippen molar-refractivity contribution >= 4 is 45.5 Å². The first-order valence-corrected chi connectivity index (χ1v) is 14.2. The molecule has 0 saturated carbocycles. The number of aromatic nitrogens is 2. The third kappa shape index (κ3) is 6.49. The van der Waals surface area contributed by atoms with Crippen LogP contribution in [0.15, 0.2) is 52.5 Å². The zero-order valence-electron chi connectivity index (χ0n) is 22.2. The van der Waals surface area contributed by atoms with Gasteiger partial charge in [0.25, 0.3) is 0 Å². The van der Waals surface area contributed by atoms with Gasteiger partial charge in [-0.2, -0.15) is 18.3 Å². The molecule has 1 unspecified atom stereocenters. The molecule has 1 aromatic heterocycles. The molecule has 2 aliphatic heterocycles. The Morgan fingerprint density at radius 2 is 1.98 bits per heavy atom. The largest absolute Gasteiger partial charge is 0.416 e. The van der Waals surface area contributed by atoms with Gasteiger partial charge in [0, 0.05) is 55.1 Å². The number of aliphatic hydroxyl groups excluding tert-OH is 1. The second kappa shape index (κ2) is 12.1. The molecular formula is C28H31ClF3N5O2S. The average Bonchev–Trinajstić information content (AvgIpc) is 3.50. The van der Waals surface area contributed by atoms with Gasteiger partial charge in [-0.05, 0) is 54.3 Å². The molecule has 1 N–H and O–H groups in total. The number of rotatable bonds is 7. The van der Waals surface area contributed by atoms with Gasteiger partial charge in [0.15, 0.2) is 11.4 Å². The van der Waals surface area contributed by atoms with Crippen molar-refractivity contribution in [2.75, 3.05) is 40.4 Å². The molecule has 2 aliphatic rings. The van der Waals surface area contributed by atoms with Crippen LogP contribution in [0.1, 0.15) is 29.5 Å². The van der Waals surface area contributed by atoms with Crippen LogP contribution in [-0.2, 0) is 17.5 Å². The molecule has 7 nitrogen and oxygen atoms in total. The van der Waals surface area contributed by atoms with Crippen molar-refractivity contribution in [3.8, 4) is 0 Å². The molecule has 0 amide bonds. The zero-order valence-corrected chi connectivity index (χ0v) is 23.8. The zero-order chi connectivity index (χ0) is 28.4. The lowest BCUT2D eigenvalue weighted by molar-refractivity contribution is -0.138. The number of aliphatic hydroxyl groups is 1. The summed E-state index contributed by atoms with van der Waals surface area (Å²) in [7, 11) is 3.75. The minimum absolute atomic E-state index is 0.0349. The second-order valence-electron chi connectivity index (χ2n) is 10.0. The van der Waals surface area contributed by atoms with Crippen LogP contribution in [0.25, 0.3) is 17.0 Å². The highest BCUT2D eigenvalue weighted by molar-refractivity contribution is 8.17. The highest BCUT2D eigenvalue weighted by atomic mass is 35.5. The Balaban J connectivity index is 1.26. The molecule has 3 heterocycles. The second-order valence-corrected chi connectivity index (χ2v) is 11.5. The van der Waals surface area contributed by atoms with Crippen molar-refractivity contribution in [3.63, 3.8) is 0 Å². The first-order valence-electron chi connectivity index (χ1n) is 13.0. The summed E-state index contributed by atoms with van der Waals surface area (Å²) in [5, 5.41) is 16.6. The van der Waals surface area contributed by atoms with Crippen LogP contribution < -0.4 is 0 Å². The molecule has 214 valence electrons. The van der Waals surface area contributed by atoms with Crippen molar-refractivity contribution in [2.45, 2.75) is 37.8 Å². The number of hydrogen-bond donors (Lipinski definition) is 1. The SMILES string of the molecule is COCCN1CCC(N(C)C2=NC(O)C(=Cc3ccc4c(cnn4Cc4ccc(Cl)cc4C(F)(F)F)c3)S2)CC1. The molecular weight excluding hydrogens is 563 g/mol. The predicted molar refractivity (Wildman–Crippen MR) is 153 cm³/mol. The van der Waals surface area contributed by atoms with E-state index in [0.29, 0.717) is 11.6 Å². The summed E-state index contributed by atoms with van der Waals surface area (Å²) < 4.78 is 47.4. The van der Waals surface area contributed by atoms with Crippen LogP contribution in [0, 0.1) is 0 Å². The molecule has 40 heavy (non-hydrogen) atoms. The average molecular weight is 594 g/mol. The fourth-order valence-electron chi connectivity index (χ4n) is 5.12. The third-order valence-corrected chi connectivity index (χ3v) is 8.76. The van der Waals surface area contributed by atoms with Gasteiger partial charge in [-0.25, -0.2) is 4.99 Å². The number of hydrogen-bond acceptors (Lipinski definition) is 7. The minimum Gasteiger partial charge on any atom is -0.383 e. The number of fused-ring (bicyclic) bond motifs is 1. The maximum absolute atomic E-state index is 13.6. The molecule has 12 heteroatoms. The molecule has 0 spiro atoms. The van der Waals surface area contributed by atoms with E-state index in [9.17, 15) is 18.3 Å². The highest BCUT2D eigenvalue weighted by Crippen LogP contribution is 2.36. The van der Waals surface area contributed by atoms with E-state index in [1.807, 2.05) is 31.3 Å². The van der Waals surface area contributed by atoms with Crippen molar-refractivity contribution in [1.29, 1.82) is 0 Å². The van der Waals surface area contributed by atoms with E-state index in [2.05, 4.69) is 19.9 Å². The summed E-state index contributed by atoms with van der Waals surface area (Å²) >= 11 is 7.28. The molecule has 1 atom stereocenters. The van der Waals surface area contributed by atoms with Crippen molar-refractivity contribution in [3.05, 3.63) is 69.2 Å². The van der Waals surface area contributed by atoms with Crippen molar-refractivity contribution < 1.29 is 23.0 Å². The molecule has 2 aromatic carbocycles. The van der Waals surface area contributed by atoms with E-state index in [-0.39, 0.29) is 17.1 Å². The molecule has 3 aromatic rings. The fraction of sp³-hybridized carbons (Fsp3) is 0.429. The van der Waals surface area contributed by atoms with Gasteiger partial charge in [0.2, 0.25) is 0 Å². The first-order chi connectivity index (χ1) is 19.1. The van der Waals surface area contributed by atoms with E-state index in [1.165, 1.54) is 23.9 Å². The summed E-state index contributed by atoms with van der Waals surface area (Å²) in [5.74, 6) is 0. The lowest BCUT2D eigenvalue weighted by Gasteiger charge is -2.37. The number of aliphatic imine (C=N–C) groups is 1. The first kappa shape index (κ1) is 28.9. The Bertz CT molecular complexity index is 1420. The molecule has 0 radical (unpaired) electrons. The van der Waals surface area contributed by atoms with Crippen LogP contribution >= 0.6 is 23.4 Å². The van der Waals surface area contributed by atoms with Crippen molar-refractivity contribution in [2.24, 2.45) is 4.99 Å². The summed E-state index contributed by atoms with van der Waals surface area (Å²) in [5.41, 5.74) is 0.877. The molecule has 1 saturated heterocycles. The Hall–Kier alpha value is -2.57. The number of likely N-dealkylation sites (tertiary alicyclic amines) is 1. The third-order valence-electron chi connectivity index (χ3n) is 7.39. The van der Waals surface area contributed by atoms with Gasteiger partial charge in [-0.1, -0.05) is 35.5 Å². The summed E-state index contributed by atoms with van der Waals surface area (Å²) in [4.78, 5) is 9.79. The molecule has 0 bridgehead atoms. The van der Waals surface area contributed by atoms with Gasteiger partial charge in [-0.3, -0.25) is 4.68 Å². The van der Waals surface area contributed by atoms with Gasteiger partial charge in [-0.15, -0.1) is 0 Å². The summed E-state index contributed by atoms with van der Waals surface area (Å²) in [6, 6.07) is 9.74. The monoisotopic (exact) mass is 593 g/mol. The van der Waals surface area contributed by atoms with E-state index >= 15 is 0 Å². The number of halogens is 4. The smallest absolute Gasteiger partial charge is 0.383 e. The van der Waals surface area contributed by atoms with Crippen molar-refractivity contribution in [1.82, 2.24) is 19.6 Å². The number of piperidine rings is 1. The Morgan fingerprint density at radius 1 is 1.20 bits per heavy atom. The number of amidine groups is 1. The highest BCUT2D eigenvalue weighted by Gasteiger charge is 2.34. The van der Waals surface area contributed by atoms with Crippen LogP contribution in [0.3, 0.4) is 0 Å². The summed E-state index contributed by atoms with van der Waals surface area (Å²) in [6.07, 6.45) is 0.122. The minimum atomic E-state index is -4.52. The Kier molecular flexibility index (Phi) is 8.77. The van der Waals surface area contributed by atoms with Gasteiger partial charge in [0.1, 0.15) is 0 Å². The predicted octanol–water partition coefficient (Wildman–Crippen LogP) is 5.56. The fourth-order valence-corrected chi connectivity index (χ4v) is 6.31. The van der Waals surface area contributed by atoms with Gasteiger partial charge >= 0.3 is 6.18 Å². The Morgan fingerprint density at radius 3 is 2.70 bits per heavy atom. The molecule has 5 rings (SSSR count). The quantitative estimate of drug-likeness (QED) is 0.387. The number of thioether (sulfide) groups is 1. The number of methoxy groups -OCH3 is 1. The summed E-state index contributed by atoms with van der Waals surface area (Å²) in [6.45, 7) is 3.64. The van der Waals surface area contributed by atoms with Crippen LogP contribution in [0.5, 0.6) is 0 Å². The van der Waals surface area contributed by atoms with Crippen LogP contribution in [-0.4, -0.2) is 82.5 Å². The maximum Gasteiger partial charge on any atom is 0.416 e. The number of nitrogens with zero attached hydrogens (tertiary/aromatic N) is 5. The lowest BCUT2D eigenvalue weighted by Crippen LogP contribution is -2.45. The normalized spacial score (nSPS) is 20.0. The maximum atomic E-state index is 13.6. The van der Waals surface area contributed by atoms with Crippen LogP contribution in [0.4, 0.5) is 13.2 Å². The van der Waals surface area contributed by atoms with Gasteiger partial charge < -0.3 is 19.6 Å². The Labute approximate surface area is 240 Å². The van der Waals surface area contributed by atoms with E-state index in [4.69, 9.17) is 16.3 Å². The van der Waals surface area contributed by atoms with Gasteiger partial charge in [0.05, 0.1) is 30.4 Å². The van der Waals surface area contributed by atoms with Crippen LogP contribution in [0.2, 0.25) is 5.02 Å². The lowest BCUT2D eigenvalue weighted by atomic mass is 10.0. The number of alkyl halides is 3. The number of benzene rings is 2.